The number of aromatic nitrogens is 2. The van der Waals surface area contributed by atoms with Crippen LogP contribution in [0, 0.1) is 0 Å². The highest BCUT2D eigenvalue weighted by Crippen LogP contribution is 2.27. The minimum absolute atomic E-state index is 0. The quantitative estimate of drug-likeness (QED) is 0.662. The fourth-order valence-electron chi connectivity index (χ4n) is 3.26. The number of hydrogen-bond acceptors (Lipinski definition) is 4. The molecule has 0 spiro atoms. The Balaban J connectivity index is 0.00000261. The van der Waals surface area contributed by atoms with Crippen LogP contribution in [0.2, 0.25) is 0 Å². The summed E-state index contributed by atoms with van der Waals surface area (Å²) in [4.78, 5) is 24.8. The number of carbonyl (C=O) groups is 2. The van der Waals surface area contributed by atoms with E-state index in [0.29, 0.717) is 25.9 Å². The van der Waals surface area contributed by atoms with Crippen molar-refractivity contribution in [3.05, 3.63) is 54.4 Å². The summed E-state index contributed by atoms with van der Waals surface area (Å²) in [5, 5.41) is 13.4. The molecule has 1 fully saturated rings. The zero-order valence-corrected chi connectivity index (χ0v) is 16.0. The highest BCUT2D eigenvalue weighted by molar-refractivity contribution is 5.85. The molecule has 1 aromatic heterocycles. The number of carbonyl (C=O) groups excluding carboxylic acids is 2. The van der Waals surface area contributed by atoms with Crippen molar-refractivity contribution in [2.24, 2.45) is 0 Å². The smallest absolute Gasteiger partial charge is 0.248 e. The van der Waals surface area contributed by atoms with Crippen LogP contribution in [-0.2, 0) is 21.7 Å². The fraction of sp³-hybridized carbons (Fsp3) is 0.421. The van der Waals surface area contributed by atoms with Crippen molar-refractivity contribution in [2.75, 3.05) is 19.6 Å². The molecule has 1 saturated heterocycles. The van der Waals surface area contributed by atoms with Gasteiger partial charge in [-0.1, -0.05) is 30.3 Å². The second kappa shape index (κ2) is 10.1. The Kier molecular flexibility index (Phi) is 7.82. The van der Waals surface area contributed by atoms with Crippen molar-refractivity contribution in [3.63, 3.8) is 0 Å². The van der Waals surface area contributed by atoms with Crippen LogP contribution in [0.15, 0.2) is 48.8 Å². The Bertz CT molecular complexity index is 715. The SMILES string of the molecule is Cl.O=C(CCNC(=O)C1(n2cccn2)CCNCC1)NCc1ccccc1. The number of benzene rings is 1. The molecule has 2 heterocycles. The van der Waals surface area contributed by atoms with E-state index in [1.54, 1.807) is 10.9 Å². The van der Waals surface area contributed by atoms with Crippen LogP contribution < -0.4 is 16.0 Å². The summed E-state index contributed by atoms with van der Waals surface area (Å²) in [7, 11) is 0. The summed E-state index contributed by atoms with van der Waals surface area (Å²) in [6.45, 7) is 2.35. The molecule has 8 heteroatoms. The van der Waals surface area contributed by atoms with E-state index in [4.69, 9.17) is 0 Å². The highest BCUT2D eigenvalue weighted by Gasteiger charge is 2.41. The Morgan fingerprint density at radius 2 is 1.85 bits per heavy atom. The molecule has 146 valence electrons. The molecule has 27 heavy (non-hydrogen) atoms. The lowest BCUT2D eigenvalue weighted by molar-refractivity contribution is -0.132. The molecule has 7 nitrogen and oxygen atoms in total. The molecule has 2 amide bonds. The molecule has 0 aliphatic carbocycles. The minimum Gasteiger partial charge on any atom is -0.353 e. The number of rotatable bonds is 7. The van der Waals surface area contributed by atoms with E-state index in [0.717, 1.165) is 18.7 Å². The third-order valence-electron chi connectivity index (χ3n) is 4.77. The van der Waals surface area contributed by atoms with E-state index in [1.165, 1.54) is 0 Å². The van der Waals surface area contributed by atoms with Crippen molar-refractivity contribution >= 4 is 24.2 Å². The predicted octanol–water partition coefficient (Wildman–Crippen LogP) is 1.21. The van der Waals surface area contributed by atoms with Gasteiger partial charge in [0.2, 0.25) is 11.8 Å². The standard InChI is InChI=1S/C19H25N5O2.ClH/c25-17(22-15-16-5-2-1-3-6-16)7-11-21-18(26)19(8-12-20-13-9-19)24-14-4-10-23-24;/h1-6,10,14,20H,7-9,11-13,15H2,(H,21,26)(H,22,25);1H. The Morgan fingerprint density at radius 3 is 2.52 bits per heavy atom. The summed E-state index contributed by atoms with van der Waals surface area (Å²) in [5.74, 6) is -0.147. The van der Waals surface area contributed by atoms with Crippen LogP contribution in [0.4, 0.5) is 0 Å². The van der Waals surface area contributed by atoms with Crippen molar-refractivity contribution in [3.8, 4) is 0 Å². The second-order valence-corrected chi connectivity index (χ2v) is 6.50. The largest absolute Gasteiger partial charge is 0.353 e. The van der Waals surface area contributed by atoms with Gasteiger partial charge in [-0.2, -0.15) is 5.10 Å². The average molecular weight is 392 g/mol. The van der Waals surface area contributed by atoms with Gasteiger partial charge in [-0.25, -0.2) is 0 Å². The maximum Gasteiger partial charge on any atom is 0.248 e. The normalized spacial score (nSPS) is 15.4. The van der Waals surface area contributed by atoms with Crippen LogP contribution in [-0.4, -0.2) is 41.2 Å². The third-order valence-corrected chi connectivity index (χ3v) is 4.77. The maximum absolute atomic E-state index is 12.8. The summed E-state index contributed by atoms with van der Waals surface area (Å²) in [6, 6.07) is 11.6. The van der Waals surface area contributed by atoms with Gasteiger partial charge in [-0.15, -0.1) is 12.4 Å². The van der Waals surface area contributed by atoms with Gasteiger partial charge in [0.25, 0.3) is 0 Å². The molecule has 1 aliphatic heterocycles. The van der Waals surface area contributed by atoms with Gasteiger partial charge >= 0.3 is 0 Å². The number of nitrogens with zero attached hydrogens (tertiary/aromatic N) is 2. The first kappa shape index (κ1) is 20.9. The lowest BCUT2D eigenvalue weighted by Crippen LogP contribution is -2.54. The van der Waals surface area contributed by atoms with Crippen molar-refractivity contribution in [1.82, 2.24) is 25.7 Å². The first-order chi connectivity index (χ1) is 12.7. The molecular formula is C19H26ClN5O2. The topological polar surface area (TPSA) is 88.0 Å². The highest BCUT2D eigenvalue weighted by atomic mass is 35.5. The van der Waals surface area contributed by atoms with Gasteiger partial charge in [-0.05, 0) is 37.6 Å². The molecule has 3 rings (SSSR count). The molecule has 0 saturated carbocycles. The van der Waals surface area contributed by atoms with E-state index in [2.05, 4.69) is 21.0 Å². The lowest BCUT2D eigenvalue weighted by Gasteiger charge is -2.36. The number of piperidine rings is 1. The molecular weight excluding hydrogens is 366 g/mol. The first-order valence-electron chi connectivity index (χ1n) is 9.00. The molecule has 1 aromatic carbocycles. The number of amides is 2. The van der Waals surface area contributed by atoms with Gasteiger partial charge in [0, 0.05) is 31.9 Å². The fourth-order valence-corrected chi connectivity index (χ4v) is 3.26. The first-order valence-corrected chi connectivity index (χ1v) is 9.00. The Morgan fingerprint density at radius 1 is 1.11 bits per heavy atom. The summed E-state index contributed by atoms with van der Waals surface area (Å²) < 4.78 is 1.75. The average Bonchev–Trinajstić information content (AvgIpc) is 3.23. The molecule has 2 aromatic rings. The summed E-state index contributed by atoms with van der Waals surface area (Å²) in [6.07, 6.45) is 5.14. The van der Waals surface area contributed by atoms with E-state index >= 15 is 0 Å². The van der Waals surface area contributed by atoms with Crippen molar-refractivity contribution < 1.29 is 9.59 Å². The van der Waals surface area contributed by atoms with Gasteiger partial charge in [0.05, 0.1) is 0 Å². The van der Waals surface area contributed by atoms with E-state index < -0.39 is 5.54 Å². The van der Waals surface area contributed by atoms with Crippen molar-refractivity contribution in [2.45, 2.75) is 31.3 Å². The van der Waals surface area contributed by atoms with Crippen LogP contribution >= 0.6 is 12.4 Å². The van der Waals surface area contributed by atoms with Crippen LogP contribution in [0.25, 0.3) is 0 Å². The third kappa shape index (κ3) is 5.30. The molecule has 0 unspecified atom stereocenters. The lowest BCUT2D eigenvalue weighted by atomic mass is 9.87. The van der Waals surface area contributed by atoms with Gasteiger partial charge in [-0.3, -0.25) is 14.3 Å². The van der Waals surface area contributed by atoms with Gasteiger partial charge in [0.15, 0.2) is 0 Å². The number of halogens is 1. The van der Waals surface area contributed by atoms with E-state index in [1.807, 2.05) is 42.6 Å². The number of nitrogens with one attached hydrogen (secondary N) is 3. The zero-order valence-electron chi connectivity index (χ0n) is 15.2. The summed E-state index contributed by atoms with van der Waals surface area (Å²) >= 11 is 0. The minimum atomic E-state index is -0.671. The van der Waals surface area contributed by atoms with Crippen LogP contribution in [0.3, 0.4) is 0 Å². The molecule has 0 radical (unpaired) electrons. The van der Waals surface area contributed by atoms with Crippen LogP contribution in [0.5, 0.6) is 0 Å². The van der Waals surface area contributed by atoms with Gasteiger partial charge < -0.3 is 16.0 Å². The Labute approximate surface area is 165 Å². The monoisotopic (exact) mass is 391 g/mol. The second-order valence-electron chi connectivity index (χ2n) is 6.50. The Hall–Kier alpha value is -2.38. The summed E-state index contributed by atoms with van der Waals surface area (Å²) in [5.41, 5.74) is 0.382. The predicted molar refractivity (Wildman–Crippen MR) is 105 cm³/mol. The molecule has 0 bridgehead atoms. The van der Waals surface area contributed by atoms with E-state index in [-0.39, 0.29) is 30.6 Å². The molecule has 0 atom stereocenters. The number of hydrogen-bond donors (Lipinski definition) is 3. The maximum atomic E-state index is 12.8. The zero-order chi connectivity index (χ0) is 18.2. The molecule has 1 aliphatic rings. The van der Waals surface area contributed by atoms with E-state index in [9.17, 15) is 9.59 Å². The molecule has 3 N–H and O–H groups in total. The van der Waals surface area contributed by atoms with Crippen molar-refractivity contribution in [1.29, 1.82) is 0 Å². The van der Waals surface area contributed by atoms with Gasteiger partial charge in [0.1, 0.15) is 5.54 Å². The van der Waals surface area contributed by atoms with Crippen LogP contribution in [0.1, 0.15) is 24.8 Å².